The Bertz CT molecular complexity index is 1180. The molecule has 1 aliphatic rings. The van der Waals surface area contributed by atoms with Gasteiger partial charge in [0.2, 0.25) is 0 Å². The molecule has 3 rings (SSSR count). The number of rotatable bonds is 8. The van der Waals surface area contributed by atoms with Crippen molar-refractivity contribution in [3.8, 4) is 11.5 Å². The van der Waals surface area contributed by atoms with Gasteiger partial charge in [-0.05, 0) is 84.7 Å². The van der Waals surface area contributed by atoms with Crippen molar-refractivity contribution in [3.63, 3.8) is 0 Å². The number of benzene rings is 2. The van der Waals surface area contributed by atoms with E-state index in [2.05, 4.69) is 27.9 Å². The number of carboxylic acid groups (broad SMARTS) is 2. The topological polar surface area (TPSA) is 133 Å². The van der Waals surface area contributed by atoms with Crippen molar-refractivity contribution in [1.82, 2.24) is 5.32 Å². The predicted molar refractivity (Wildman–Crippen MR) is 138 cm³/mol. The summed E-state index contributed by atoms with van der Waals surface area (Å²) < 4.78 is 6.78. The van der Waals surface area contributed by atoms with Crippen molar-refractivity contribution in [3.05, 3.63) is 63.4 Å². The van der Waals surface area contributed by atoms with E-state index in [4.69, 9.17) is 4.74 Å². The summed E-state index contributed by atoms with van der Waals surface area (Å²) in [4.78, 5) is 37.0. The Kier molecular flexibility index (Phi) is 7.61. The van der Waals surface area contributed by atoms with Gasteiger partial charge < -0.3 is 25.4 Å². The number of amides is 1. The van der Waals surface area contributed by atoms with Gasteiger partial charge in [0.05, 0.1) is 8.99 Å². The quantitative estimate of drug-likeness (QED) is 0.259. The van der Waals surface area contributed by atoms with E-state index in [0.29, 0.717) is 17.1 Å². The Balaban J connectivity index is 1.83. The molecule has 3 atom stereocenters. The van der Waals surface area contributed by atoms with Gasteiger partial charge in [0.25, 0.3) is 5.91 Å². The average molecular weight is 593 g/mol. The van der Waals surface area contributed by atoms with Gasteiger partial charge in [-0.3, -0.25) is 9.59 Å². The van der Waals surface area contributed by atoms with Crippen LogP contribution in [0, 0.1) is 14.4 Å². The van der Waals surface area contributed by atoms with Crippen LogP contribution in [0.15, 0.2) is 54.2 Å². The molecule has 0 aliphatic heterocycles. The molecule has 1 amide bonds. The van der Waals surface area contributed by atoms with Crippen molar-refractivity contribution in [2.24, 2.45) is 10.8 Å². The second-order valence-corrected chi connectivity index (χ2v) is 10.3. The first-order valence-electron chi connectivity index (χ1n) is 11.1. The van der Waals surface area contributed by atoms with Crippen LogP contribution in [0.4, 0.5) is 0 Å². The summed E-state index contributed by atoms with van der Waals surface area (Å²) in [5.74, 6) is -2.18. The number of carbonyl (C=O) groups is 3. The minimum absolute atomic E-state index is 0.0878. The maximum absolute atomic E-state index is 13.2. The van der Waals surface area contributed by atoms with Crippen LogP contribution in [0.5, 0.6) is 11.5 Å². The lowest BCUT2D eigenvalue weighted by molar-refractivity contribution is -0.171. The molecule has 8 nitrogen and oxygen atoms in total. The molecule has 4 N–H and O–H groups in total. The first-order valence-corrected chi connectivity index (χ1v) is 12.2. The van der Waals surface area contributed by atoms with Gasteiger partial charge in [-0.25, -0.2) is 4.79 Å². The minimum Gasteiger partial charge on any atom is -0.481 e. The molecule has 35 heavy (non-hydrogen) atoms. The van der Waals surface area contributed by atoms with Crippen LogP contribution in [0.2, 0.25) is 0 Å². The third-order valence-corrected chi connectivity index (χ3v) is 8.30. The number of carboxylic acids is 2. The molecule has 1 aliphatic carbocycles. The van der Waals surface area contributed by atoms with Crippen LogP contribution in [0.3, 0.4) is 0 Å². The summed E-state index contributed by atoms with van der Waals surface area (Å²) in [5.41, 5.74) is -4.63. The normalized spacial score (nSPS) is 26.3. The lowest BCUT2D eigenvalue weighted by Gasteiger charge is -2.44. The minimum atomic E-state index is -2.05. The summed E-state index contributed by atoms with van der Waals surface area (Å²) in [6.45, 7) is 4.78. The average Bonchev–Trinajstić information content (AvgIpc) is 3.04. The molecule has 2 aromatic rings. The van der Waals surface area contributed by atoms with Crippen LogP contribution in [-0.2, 0) is 14.4 Å². The predicted octanol–water partition coefficient (Wildman–Crippen LogP) is 4.66. The number of hydrogen-bond acceptors (Lipinski definition) is 5. The van der Waals surface area contributed by atoms with E-state index >= 15 is 0 Å². The van der Waals surface area contributed by atoms with Gasteiger partial charge in [-0.1, -0.05) is 38.1 Å². The lowest BCUT2D eigenvalue weighted by atomic mass is 9.60. The molecule has 1 unspecified atom stereocenters. The summed E-state index contributed by atoms with van der Waals surface area (Å²) in [7, 11) is 0. The zero-order valence-electron chi connectivity index (χ0n) is 19.7. The molecule has 2 aromatic carbocycles. The van der Waals surface area contributed by atoms with Gasteiger partial charge in [0.1, 0.15) is 22.8 Å². The largest absolute Gasteiger partial charge is 0.481 e. The van der Waals surface area contributed by atoms with E-state index in [-0.39, 0.29) is 19.3 Å². The zero-order chi connectivity index (χ0) is 26.0. The number of hydrogen-bond donors (Lipinski definition) is 4. The van der Waals surface area contributed by atoms with Crippen LogP contribution in [-0.4, -0.2) is 38.8 Å². The van der Waals surface area contributed by atoms with Crippen molar-refractivity contribution in [2.75, 3.05) is 0 Å². The highest BCUT2D eigenvalue weighted by atomic mass is 127. The molecule has 9 heteroatoms. The molecular weight excluding hydrogens is 565 g/mol. The Morgan fingerprint density at radius 2 is 1.69 bits per heavy atom. The molecule has 0 spiro atoms. The first-order chi connectivity index (χ1) is 16.4. The fraction of sp³-hybridized carbons (Fsp3) is 0.346. The second kappa shape index (κ2) is 9.98. The Hall–Kier alpha value is -2.92. The summed E-state index contributed by atoms with van der Waals surface area (Å²) in [6.07, 6.45) is 1.48. The van der Waals surface area contributed by atoms with E-state index < -0.39 is 40.0 Å². The van der Waals surface area contributed by atoms with Gasteiger partial charge in [-0.2, -0.15) is 0 Å². The van der Waals surface area contributed by atoms with Crippen LogP contribution in [0.25, 0.3) is 6.08 Å². The van der Waals surface area contributed by atoms with Crippen LogP contribution < -0.4 is 10.1 Å². The van der Waals surface area contributed by atoms with Crippen LogP contribution in [0.1, 0.15) is 45.6 Å². The zero-order valence-corrected chi connectivity index (χ0v) is 21.8. The smallest absolute Gasteiger partial charge is 0.352 e. The highest BCUT2D eigenvalue weighted by Crippen LogP contribution is 2.60. The lowest BCUT2D eigenvalue weighted by Crippen LogP contribution is -2.59. The summed E-state index contributed by atoms with van der Waals surface area (Å²) >= 11 is 2.16. The van der Waals surface area contributed by atoms with Crippen LogP contribution >= 0.6 is 22.6 Å². The number of para-hydroxylation sites is 1. The fourth-order valence-corrected chi connectivity index (χ4v) is 5.16. The van der Waals surface area contributed by atoms with Gasteiger partial charge in [0, 0.05) is 5.41 Å². The summed E-state index contributed by atoms with van der Waals surface area (Å²) in [5, 5.41) is 33.1. The van der Waals surface area contributed by atoms with Gasteiger partial charge >= 0.3 is 11.9 Å². The number of halogens is 1. The molecule has 0 bridgehead atoms. The summed E-state index contributed by atoms with van der Waals surface area (Å²) in [6, 6.07) is 14.1. The maximum atomic E-state index is 13.2. The molecule has 0 aromatic heterocycles. The monoisotopic (exact) mass is 593 g/mol. The van der Waals surface area contributed by atoms with E-state index in [1.165, 1.54) is 13.0 Å². The number of carbonyl (C=O) groups excluding carboxylic acids is 1. The molecule has 186 valence electrons. The SMILES string of the molecule is CCC1(C)[C@@](C)(C(=O)O)CC[C@]1(O)C(=O)NC(=Cc1ccc(Oc2ccccc2I)cc1)C(=O)O. The highest BCUT2D eigenvalue weighted by Gasteiger charge is 2.68. The Labute approximate surface area is 217 Å². The molecule has 1 saturated carbocycles. The van der Waals surface area contributed by atoms with Gasteiger partial charge in [0.15, 0.2) is 0 Å². The highest BCUT2D eigenvalue weighted by molar-refractivity contribution is 14.1. The number of ether oxygens (including phenoxy) is 1. The van der Waals surface area contributed by atoms with E-state index in [1.807, 2.05) is 24.3 Å². The number of aliphatic carboxylic acids is 2. The second-order valence-electron chi connectivity index (χ2n) is 9.10. The maximum Gasteiger partial charge on any atom is 0.352 e. The third kappa shape index (κ3) is 4.79. The molecule has 1 fully saturated rings. The fourth-order valence-electron chi connectivity index (χ4n) is 4.66. The Morgan fingerprint density at radius 3 is 2.23 bits per heavy atom. The Morgan fingerprint density at radius 1 is 1.06 bits per heavy atom. The van der Waals surface area contributed by atoms with E-state index in [0.717, 1.165) is 3.57 Å². The van der Waals surface area contributed by atoms with E-state index in [9.17, 15) is 29.7 Å². The van der Waals surface area contributed by atoms with Gasteiger partial charge in [-0.15, -0.1) is 0 Å². The molecule has 0 radical (unpaired) electrons. The standard InChI is InChI=1S/C26H28INO7/c1-4-25(3)24(2,23(32)33)13-14-26(25,34)22(31)28-19(21(29)30)15-16-9-11-17(12-10-16)35-20-8-6-5-7-18(20)27/h5-12,15,34H,4,13-14H2,1-3H3,(H,28,31)(H,29,30)(H,32,33)/t24-,25?,26+/m1/s1. The number of aliphatic hydroxyl groups is 1. The third-order valence-electron chi connectivity index (χ3n) is 7.41. The first kappa shape index (κ1) is 26.7. The van der Waals surface area contributed by atoms with Crippen molar-refractivity contribution in [1.29, 1.82) is 0 Å². The van der Waals surface area contributed by atoms with Crippen molar-refractivity contribution < 1.29 is 34.4 Å². The van der Waals surface area contributed by atoms with Crippen molar-refractivity contribution in [2.45, 2.75) is 45.6 Å². The molecule has 0 heterocycles. The number of nitrogens with one attached hydrogen (secondary N) is 1. The molecule has 0 saturated heterocycles. The van der Waals surface area contributed by atoms with E-state index in [1.54, 1.807) is 38.1 Å². The molecular formula is C26H28INO7. The van der Waals surface area contributed by atoms with Crippen molar-refractivity contribution >= 4 is 46.5 Å².